The summed E-state index contributed by atoms with van der Waals surface area (Å²) in [6.45, 7) is 0. The number of nitriles is 2. The fourth-order valence-corrected chi connectivity index (χ4v) is 9.23. The molecule has 0 spiro atoms. The first-order valence-electron chi connectivity index (χ1n) is 19.1. The van der Waals surface area contributed by atoms with Gasteiger partial charge in [0.25, 0.3) is 0 Å². The standard InChI is InChI=1S/C54H30N2O/c55-31-34-14-1-3-16-36(34)51-40-20-7-5-18-38(40)50(39-19-6-8-21-41(39)51)33-28-29-46-49(30-33)57-48-27-13-26-47(54(46)48)53-44-24-11-9-22-42(44)52(43-23-10-12-25-45(43)53)37-17-4-2-15-35(37)32-56/h1-30H. The molecule has 3 nitrogen and oxygen atoms in total. The molecule has 1 aromatic heterocycles. The molecule has 57 heavy (non-hydrogen) atoms. The van der Waals surface area contributed by atoms with E-state index in [1.54, 1.807) is 0 Å². The molecule has 0 aliphatic rings. The Bertz CT molecular complexity index is 3440. The molecule has 0 N–H and O–H groups in total. The number of rotatable bonds is 4. The summed E-state index contributed by atoms with van der Waals surface area (Å²) in [5, 5.41) is 31.3. The van der Waals surface area contributed by atoms with Crippen LogP contribution in [0.3, 0.4) is 0 Å². The van der Waals surface area contributed by atoms with Gasteiger partial charge >= 0.3 is 0 Å². The van der Waals surface area contributed by atoms with Crippen LogP contribution in [0.15, 0.2) is 186 Å². The molecule has 11 rings (SSSR count). The van der Waals surface area contributed by atoms with E-state index in [0.717, 1.165) is 110 Å². The van der Waals surface area contributed by atoms with E-state index in [1.165, 1.54) is 0 Å². The molecule has 1 heterocycles. The summed E-state index contributed by atoms with van der Waals surface area (Å²) >= 11 is 0. The highest BCUT2D eigenvalue weighted by Gasteiger charge is 2.23. The lowest BCUT2D eigenvalue weighted by molar-refractivity contribution is 0.669. The summed E-state index contributed by atoms with van der Waals surface area (Å²) in [6.07, 6.45) is 0. The Morgan fingerprint density at radius 2 is 0.702 bits per heavy atom. The third-order valence-corrected chi connectivity index (χ3v) is 11.6. The lowest BCUT2D eigenvalue weighted by atomic mass is 9.83. The van der Waals surface area contributed by atoms with E-state index in [1.807, 2.05) is 36.4 Å². The van der Waals surface area contributed by atoms with Crippen LogP contribution in [0.1, 0.15) is 11.1 Å². The van der Waals surface area contributed by atoms with E-state index < -0.39 is 0 Å². The van der Waals surface area contributed by atoms with Crippen molar-refractivity contribution in [3.05, 3.63) is 193 Å². The quantitative estimate of drug-likeness (QED) is 0.170. The highest BCUT2D eigenvalue weighted by Crippen LogP contribution is 2.49. The largest absolute Gasteiger partial charge is 0.456 e. The lowest BCUT2D eigenvalue weighted by Gasteiger charge is -2.19. The number of benzene rings is 10. The second kappa shape index (κ2) is 12.8. The maximum atomic E-state index is 10.2. The molecule has 0 fully saturated rings. The second-order valence-electron chi connectivity index (χ2n) is 14.5. The minimum absolute atomic E-state index is 0.654. The predicted octanol–water partition coefficient (Wildman–Crippen LogP) is 14.6. The number of hydrogen-bond acceptors (Lipinski definition) is 3. The first-order chi connectivity index (χ1) is 28.2. The number of nitrogens with zero attached hydrogens (tertiary/aromatic N) is 2. The molecule has 262 valence electrons. The summed E-state index contributed by atoms with van der Waals surface area (Å²) in [4.78, 5) is 0. The van der Waals surface area contributed by atoms with Gasteiger partial charge in [0, 0.05) is 21.9 Å². The first-order valence-corrected chi connectivity index (χ1v) is 19.1. The highest BCUT2D eigenvalue weighted by atomic mass is 16.3. The minimum Gasteiger partial charge on any atom is -0.456 e. The zero-order chi connectivity index (χ0) is 38.0. The van der Waals surface area contributed by atoms with Crippen molar-refractivity contribution >= 4 is 65.0 Å². The van der Waals surface area contributed by atoms with Crippen LogP contribution < -0.4 is 0 Å². The molecular formula is C54H30N2O. The van der Waals surface area contributed by atoms with E-state index >= 15 is 0 Å². The summed E-state index contributed by atoms with van der Waals surface area (Å²) in [5.74, 6) is 0. The molecule has 0 aliphatic carbocycles. The number of fused-ring (bicyclic) bond motifs is 7. The second-order valence-corrected chi connectivity index (χ2v) is 14.5. The van der Waals surface area contributed by atoms with Crippen LogP contribution >= 0.6 is 0 Å². The van der Waals surface area contributed by atoms with Crippen molar-refractivity contribution in [1.82, 2.24) is 0 Å². The molecule has 3 heteroatoms. The Balaban J connectivity index is 1.18. The maximum Gasteiger partial charge on any atom is 0.136 e. The third-order valence-electron chi connectivity index (χ3n) is 11.6. The zero-order valence-corrected chi connectivity index (χ0v) is 30.6. The monoisotopic (exact) mass is 722 g/mol. The van der Waals surface area contributed by atoms with Crippen LogP contribution in [-0.2, 0) is 0 Å². The highest BCUT2D eigenvalue weighted by molar-refractivity contribution is 6.27. The third kappa shape index (κ3) is 4.84. The maximum absolute atomic E-state index is 10.2. The van der Waals surface area contributed by atoms with Crippen LogP contribution in [0.25, 0.3) is 110 Å². The van der Waals surface area contributed by atoms with E-state index in [9.17, 15) is 10.5 Å². The van der Waals surface area contributed by atoms with E-state index in [4.69, 9.17) is 4.42 Å². The van der Waals surface area contributed by atoms with Crippen LogP contribution in [0.4, 0.5) is 0 Å². The normalized spacial score (nSPS) is 11.5. The fourth-order valence-electron chi connectivity index (χ4n) is 9.23. The average molecular weight is 723 g/mol. The molecule has 0 saturated heterocycles. The van der Waals surface area contributed by atoms with Gasteiger partial charge in [-0.3, -0.25) is 0 Å². The summed E-state index contributed by atoms with van der Waals surface area (Å²) < 4.78 is 6.80. The predicted molar refractivity (Wildman–Crippen MR) is 235 cm³/mol. The van der Waals surface area contributed by atoms with Gasteiger partial charge in [-0.05, 0) is 107 Å². The number of furan rings is 1. The van der Waals surface area contributed by atoms with Gasteiger partial charge in [-0.15, -0.1) is 0 Å². The molecule has 0 saturated carbocycles. The van der Waals surface area contributed by atoms with Gasteiger partial charge in [-0.2, -0.15) is 10.5 Å². The van der Waals surface area contributed by atoms with Gasteiger partial charge in [-0.25, -0.2) is 0 Å². The van der Waals surface area contributed by atoms with Gasteiger partial charge in [0.2, 0.25) is 0 Å². The van der Waals surface area contributed by atoms with Gasteiger partial charge in [-0.1, -0.05) is 152 Å². The minimum atomic E-state index is 0.654. The van der Waals surface area contributed by atoms with Gasteiger partial charge in [0.05, 0.1) is 23.3 Å². The van der Waals surface area contributed by atoms with E-state index in [0.29, 0.717) is 11.1 Å². The van der Waals surface area contributed by atoms with Crippen molar-refractivity contribution in [3.63, 3.8) is 0 Å². The average Bonchev–Trinajstić information content (AvgIpc) is 3.65. The molecule has 11 aromatic rings. The Morgan fingerprint density at radius 3 is 1.16 bits per heavy atom. The zero-order valence-electron chi connectivity index (χ0n) is 30.6. The van der Waals surface area contributed by atoms with Crippen molar-refractivity contribution in [2.45, 2.75) is 0 Å². The van der Waals surface area contributed by atoms with Crippen molar-refractivity contribution in [2.24, 2.45) is 0 Å². The van der Waals surface area contributed by atoms with Crippen LogP contribution in [-0.4, -0.2) is 0 Å². The first kappa shape index (κ1) is 32.5. The molecule has 0 aliphatic heterocycles. The van der Waals surface area contributed by atoms with Gasteiger partial charge in [0.1, 0.15) is 11.2 Å². The van der Waals surface area contributed by atoms with Gasteiger partial charge < -0.3 is 4.42 Å². The molecule has 0 unspecified atom stereocenters. The van der Waals surface area contributed by atoms with Crippen molar-refractivity contribution < 1.29 is 4.42 Å². The number of hydrogen-bond donors (Lipinski definition) is 0. The molecule has 0 amide bonds. The SMILES string of the molecule is N#Cc1ccccc1-c1c2ccccc2c(-c2ccc3c(c2)oc2cccc(-c4c5ccccc5c(-c5ccccc5C#N)c5ccccc45)c23)c2ccccc12. The van der Waals surface area contributed by atoms with Gasteiger partial charge in [0.15, 0.2) is 0 Å². The molecular weight excluding hydrogens is 693 g/mol. The Hall–Kier alpha value is -7.98. The topological polar surface area (TPSA) is 60.7 Å². The summed E-state index contributed by atoms with van der Waals surface area (Å²) in [6, 6.07) is 67.7. The van der Waals surface area contributed by atoms with Crippen molar-refractivity contribution in [2.75, 3.05) is 0 Å². The lowest BCUT2D eigenvalue weighted by Crippen LogP contribution is -1.93. The van der Waals surface area contributed by atoms with E-state index in [2.05, 4.69) is 158 Å². The summed E-state index contributed by atoms with van der Waals surface area (Å²) in [7, 11) is 0. The Kier molecular flexibility index (Phi) is 7.30. The van der Waals surface area contributed by atoms with Crippen LogP contribution in [0, 0.1) is 22.7 Å². The van der Waals surface area contributed by atoms with Crippen molar-refractivity contribution in [3.8, 4) is 56.6 Å². The van der Waals surface area contributed by atoms with Crippen LogP contribution in [0.5, 0.6) is 0 Å². The smallest absolute Gasteiger partial charge is 0.136 e. The van der Waals surface area contributed by atoms with Crippen LogP contribution in [0.2, 0.25) is 0 Å². The Morgan fingerprint density at radius 1 is 0.316 bits per heavy atom. The van der Waals surface area contributed by atoms with E-state index in [-0.39, 0.29) is 0 Å². The molecule has 0 bridgehead atoms. The summed E-state index contributed by atoms with van der Waals surface area (Å²) in [5.41, 5.74) is 11.4. The Labute approximate surface area is 328 Å². The fraction of sp³-hybridized carbons (Fsp3) is 0. The molecule has 0 atom stereocenters. The molecule has 10 aromatic carbocycles. The van der Waals surface area contributed by atoms with Crippen molar-refractivity contribution in [1.29, 1.82) is 10.5 Å². The molecule has 0 radical (unpaired) electrons.